The average molecular weight is 598 g/mol. The number of nitrogen functional groups attached to an aromatic ring is 1. The Bertz CT molecular complexity index is 1940. The van der Waals surface area contributed by atoms with Gasteiger partial charge in [0.15, 0.2) is 0 Å². The minimum absolute atomic E-state index is 0.0574. The first-order chi connectivity index (χ1) is 20.4. The number of hydrogen-bond donors (Lipinski definition) is 1. The second-order valence-electron chi connectivity index (χ2n) is 8.87. The maximum Gasteiger partial charge on any atom is 0.342 e. The summed E-state index contributed by atoms with van der Waals surface area (Å²) in [4.78, 5) is 27.5. The number of halogens is 1. The summed E-state index contributed by atoms with van der Waals surface area (Å²) in [6.07, 6.45) is 0. The van der Waals surface area contributed by atoms with Crippen molar-refractivity contribution in [2.45, 2.75) is 6.92 Å². The molecule has 3 aromatic carbocycles. The van der Waals surface area contributed by atoms with Crippen LogP contribution in [0.15, 0.2) is 94.1 Å². The van der Waals surface area contributed by atoms with Crippen molar-refractivity contribution >= 4 is 34.6 Å². The van der Waals surface area contributed by atoms with E-state index in [0.29, 0.717) is 21.1 Å². The van der Waals surface area contributed by atoms with Gasteiger partial charge in [-0.1, -0.05) is 41.9 Å². The van der Waals surface area contributed by atoms with Crippen molar-refractivity contribution in [2.24, 2.45) is 5.10 Å². The highest BCUT2D eigenvalue weighted by atomic mass is 35.5. The Morgan fingerprint density at radius 3 is 2.33 bits per heavy atom. The summed E-state index contributed by atoms with van der Waals surface area (Å²) in [5.41, 5.74) is 7.63. The minimum atomic E-state index is -0.787. The van der Waals surface area contributed by atoms with Crippen LogP contribution in [-0.2, 0) is 4.74 Å². The molecule has 0 saturated heterocycles. The first kappa shape index (κ1) is 28.4. The van der Waals surface area contributed by atoms with E-state index in [4.69, 9.17) is 31.9 Å². The molecule has 0 aliphatic carbocycles. The normalized spacial score (nSPS) is 11.2. The predicted molar refractivity (Wildman–Crippen MR) is 163 cm³/mol. The molecule has 2 N–H and O–H groups in total. The maximum absolute atomic E-state index is 13.8. The number of nitriles is 1. The van der Waals surface area contributed by atoms with Gasteiger partial charge in [-0.2, -0.15) is 9.94 Å². The van der Waals surface area contributed by atoms with Crippen LogP contribution in [0.2, 0.25) is 5.02 Å². The van der Waals surface area contributed by atoms with Crippen LogP contribution in [0.4, 0.5) is 5.69 Å². The molecule has 0 fully saturated rings. The number of carbonyl (C=O) groups excluding carboxylic acids is 1. The van der Waals surface area contributed by atoms with Crippen LogP contribution in [0.5, 0.6) is 5.75 Å². The Morgan fingerprint density at radius 1 is 1.05 bits per heavy atom. The number of anilines is 1. The number of pyridine rings is 1. The molecule has 0 aliphatic rings. The van der Waals surface area contributed by atoms with E-state index in [1.807, 2.05) is 58.5 Å². The molecule has 0 unspecified atom stereocenters. The van der Waals surface area contributed by atoms with Gasteiger partial charge in [0, 0.05) is 21.7 Å². The lowest BCUT2D eigenvalue weighted by molar-refractivity contribution is 0.0527. The number of carbonyl (C=O) groups is 1. The number of nitrogens with two attached hydrogens (primary N) is 1. The molecule has 0 amide bonds. The van der Waals surface area contributed by atoms with Gasteiger partial charge in [0.25, 0.3) is 5.56 Å². The second-order valence-corrected chi connectivity index (χ2v) is 10.1. The molecule has 0 saturated carbocycles. The summed E-state index contributed by atoms with van der Waals surface area (Å²) in [7, 11) is 1.53. The zero-order valence-corrected chi connectivity index (χ0v) is 24.1. The molecule has 0 spiro atoms. The number of para-hydroxylation sites is 1. The minimum Gasteiger partial charge on any atom is -0.497 e. The molecule has 5 rings (SSSR count). The average Bonchev–Trinajstić information content (AvgIpc) is 3.43. The third-order valence-corrected chi connectivity index (χ3v) is 7.46. The van der Waals surface area contributed by atoms with Gasteiger partial charge in [0.05, 0.1) is 30.8 Å². The molecule has 5 aromatic rings. The lowest BCUT2D eigenvalue weighted by atomic mass is 10.0. The van der Waals surface area contributed by atoms with E-state index in [-0.39, 0.29) is 23.6 Å². The SMILES string of the molecule is CCOC(=O)c1c(N)c(C#N)c(=O)n(/N=c2/scc(-c3ccc(Cl)cc3)n2-c2ccccc2)c1-c1ccc(OC)cc1. The molecule has 2 heterocycles. The second kappa shape index (κ2) is 12.2. The lowest BCUT2D eigenvalue weighted by Crippen LogP contribution is -2.29. The van der Waals surface area contributed by atoms with E-state index in [0.717, 1.165) is 21.6 Å². The van der Waals surface area contributed by atoms with E-state index < -0.39 is 17.1 Å². The Balaban J connectivity index is 1.90. The molecule has 0 bridgehead atoms. The number of aromatic nitrogens is 2. The van der Waals surface area contributed by atoms with E-state index in [9.17, 15) is 14.9 Å². The molecular formula is C31H24ClN5O4S. The Morgan fingerprint density at radius 2 is 1.71 bits per heavy atom. The van der Waals surface area contributed by atoms with Crippen LogP contribution in [0.25, 0.3) is 28.2 Å². The van der Waals surface area contributed by atoms with E-state index in [2.05, 4.69) is 0 Å². The maximum atomic E-state index is 13.8. The highest BCUT2D eigenvalue weighted by molar-refractivity contribution is 7.07. The number of ether oxygens (including phenoxy) is 2. The van der Waals surface area contributed by atoms with Gasteiger partial charge in [0.2, 0.25) is 4.80 Å². The van der Waals surface area contributed by atoms with E-state index >= 15 is 0 Å². The summed E-state index contributed by atoms with van der Waals surface area (Å²) in [6.45, 7) is 1.71. The summed E-state index contributed by atoms with van der Waals surface area (Å²) < 4.78 is 13.5. The fraction of sp³-hybridized carbons (Fsp3) is 0.0968. The molecular weight excluding hydrogens is 574 g/mol. The number of methoxy groups -OCH3 is 1. The number of nitrogens with zero attached hydrogens (tertiary/aromatic N) is 4. The molecule has 11 heteroatoms. The number of benzene rings is 3. The highest BCUT2D eigenvalue weighted by Gasteiger charge is 2.27. The number of hydrogen-bond acceptors (Lipinski definition) is 8. The van der Waals surface area contributed by atoms with Gasteiger partial charge in [-0.05, 0) is 61.0 Å². The highest BCUT2D eigenvalue weighted by Crippen LogP contribution is 2.31. The summed E-state index contributed by atoms with van der Waals surface area (Å²) in [5, 5.41) is 17.2. The van der Waals surface area contributed by atoms with Gasteiger partial charge in [-0.15, -0.1) is 16.4 Å². The van der Waals surface area contributed by atoms with Crippen molar-refractivity contribution < 1.29 is 14.3 Å². The zero-order valence-electron chi connectivity index (χ0n) is 22.6. The van der Waals surface area contributed by atoms with Crippen LogP contribution in [0, 0.1) is 11.3 Å². The van der Waals surface area contributed by atoms with Gasteiger partial charge in [-0.25, -0.2) is 4.79 Å². The topological polar surface area (TPSA) is 125 Å². The molecule has 210 valence electrons. The van der Waals surface area contributed by atoms with Gasteiger partial charge in [-0.3, -0.25) is 9.36 Å². The van der Waals surface area contributed by atoms with Gasteiger partial charge >= 0.3 is 5.97 Å². The lowest BCUT2D eigenvalue weighted by Gasteiger charge is -2.17. The Kier molecular flexibility index (Phi) is 8.24. The zero-order chi connectivity index (χ0) is 29.8. The molecule has 0 aliphatic heterocycles. The summed E-state index contributed by atoms with van der Waals surface area (Å²) in [6, 6.07) is 25.4. The van der Waals surface area contributed by atoms with Crippen molar-refractivity contribution in [3.8, 4) is 40.0 Å². The molecule has 42 heavy (non-hydrogen) atoms. The Hall–Kier alpha value is -5.11. The number of thiazole rings is 1. The fourth-order valence-corrected chi connectivity index (χ4v) is 5.45. The largest absolute Gasteiger partial charge is 0.497 e. The van der Waals surface area contributed by atoms with Crippen molar-refractivity contribution in [3.05, 3.63) is 116 Å². The van der Waals surface area contributed by atoms with E-state index in [1.54, 1.807) is 43.3 Å². The third kappa shape index (κ3) is 5.31. The van der Waals surface area contributed by atoms with Crippen LogP contribution in [0.1, 0.15) is 22.8 Å². The first-order valence-corrected chi connectivity index (χ1v) is 14.0. The van der Waals surface area contributed by atoms with Crippen molar-refractivity contribution in [3.63, 3.8) is 0 Å². The fourth-order valence-electron chi connectivity index (χ4n) is 4.43. The van der Waals surface area contributed by atoms with Crippen LogP contribution in [0.3, 0.4) is 0 Å². The smallest absolute Gasteiger partial charge is 0.342 e. The molecule has 2 aromatic heterocycles. The molecule has 9 nitrogen and oxygen atoms in total. The van der Waals surface area contributed by atoms with Gasteiger partial charge < -0.3 is 15.2 Å². The van der Waals surface area contributed by atoms with E-state index in [1.165, 1.54) is 18.4 Å². The van der Waals surface area contributed by atoms with Crippen molar-refractivity contribution in [1.82, 2.24) is 9.24 Å². The quantitative estimate of drug-likeness (QED) is 0.240. The number of rotatable bonds is 7. The third-order valence-electron chi connectivity index (χ3n) is 6.40. The Labute approximate surface area is 249 Å². The van der Waals surface area contributed by atoms with Crippen molar-refractivity contribution in [1.29, 1.82) is 5.26 Å². The monoisotopic (exact) mass is 597 g/mol. The summed E-state index contributed by atoms with van der Waals surface area (Å²) in [5.74, 6) is -0.220. The number of esters is 1. The molecule has 0 radical (unpaired) electrons. The van der Waals surface area contributed by atoms with Crippen LogP contribution in [-0.4, -0.2) is 28.9 Å². The summed E-state index contributed by atoms with van der Waals surface area (Å²) >= 11 is 7.42. The first-order valence-electron chi connectivity index (χ1n) is 12.7. The van der Waals surface area contributed by atoms with Crippen LogP contribution < -0.4 is 20.8 Å². The van der Waals surface area contributed by atoms with Crippen LogP contribution >= 0.6 is 22.9 Å². The predicted octanol–water partition coefficient (Wildman–Crippen LogP) is 5.69. The van der Waals surface area contributed by atoms with Gasteiger partial charge in [0.1, 0.15) is 22.9 Å². The van der Waals surface area contributed by atoms with Crippen molar-refractivity contribution in [2.75, 3.05) is 19.5 Å². The standard InChI is InChI=1S/C31H24ClN5O4S/c1-3-41-30(39)26-27(34)24(17-33)29(38)37(28(26)20-11-15-23(40-2)16-12-20)35-31-36(22-7-5-4-6-8-22)25(18-42-31)19-9-13-21(32)14-10-19/h4-16,18H,3,34H2,1-2H3/b35-31+. The molecule has 0 atom stereocenters.